The number of hydrogen-bond acceptors (Lipinski definition) is 4. The Bertz CT molecular complexity index is 1190. The number of rotatable bonds is 6. The molecule has 34 heavy (non-hydrogen) atoms. The molecule has 3 heterocycles. The summed E-state index contributed by atoms with van der Waals surface area (Å²) in [5, 5.41) is 13.3. The van der Waals surface area contributed by atoms with Crippen molar-refractivity contribution in [1.82, 2.24) is 14.8 Å². The van der Waals surface area contributed by atoms with Crippen molar-refractivity contribution >= 4 is 17.4 Å². The van der Waals surface area contributed by atoms with Gasteiger partial charge in [-0.2, -0.15) is 0 Å². The molecule has 7 heteroatoms. The molecule has 1 aromatic heterocycles. The van der Waals surface area contributed by atoms with Gasteiger partial charge in [-0.25, -0.2) is 0 Å². The topological polar surface area (TPSA) is 91.6 Å². The molecule has 4 atom stereocenters. The van der Waals surface area contributed by atoms with Crippen molar-refractivity contribution in [3.8, 4) is 0 Å². The molecule has 0 radical (unpaired) electrons. The second kappa shape index (κ2) is 9.22. The van der Waals surface area contributed by atoms with Gasteiger partial charge in [-0.1, -0.05) is 43.3 Å². The van der Waals surface area contributed by atoms with Gasteiger partial charge in [0, 0.05) is 49.2 Å². The molecule has 0 unspecified atom stereocenters. The highest BCUT2D eigenvalue weighted by Gasteiger charge is 2.57. The van der Waals surface area contributed by atoms with Gasteiger partial charge < -0.3 is 19.9 Å². The Morgan fingerprint density at radius 1 is 1.15 bits per heavy atom. The van der Waals surface area contributed by atoms with Crippen LogP contribution in [0.4, 0.5) is 0 Å². The largest absolute Gasteiger partial charge is 0.396 e. The predicted molar refractivity (Wildman–Crippen MR) is 129 cm³/mol. The van der Waals surface area contributed by atoms with Gasteiger partial charge in [-0.3, -0.25) is 14.4 Å². The fourth-order valence-corrected chi connectivity index (χ4v) is 6.00. The Hall–Kier alpha value is -3.19. The molecule has 7 nitrogen and oxygen atoms in total. The average Bonchev–Trinajstić information content (AvgIpc) is 3.58. The monoisotopic (exact) mass is 461 g/mol. The van der Waals surface area contributed by atoms with Gasteiger partial charge in [0.05, 0.1) is 6.04 Å². The summed E-state index contributed by atoms with van der Waals surface area (Å²) < 4.78 is 1.76. The molecule has 178 valence electrons. The van der Waals surface area contributed by atoms with Gasteiger partial charge in [-0.15, -0.1) is 0 Å². The summed E-state index contributed by atoms with van der Waals surface area (Å²) in [6.45, 7) is 2.31. The van der Waals surface area contributed by atoms with Crippen LogP contribution < -0.4 is 10.9 Å². The van der Waals surface area contributed by atoms with E-state index in [0.29, 0.717) is 13.1 Å². The summed E-state index contributed by atoms with van der Waals surface area (Å²) in [7, 11) is 0. The quantitative estimate of drug-likeness (QED) is 0.692. The SMILES string of the molecule is CCC(=O)N1[C@@H]2c3ccc(C4=CCCC4)c(=O)n3C[C@@H]2[C@@H](CO)[C@@H]1C(=O)NCc1ccccc1. The molecule has 1 saturated heterocycles. The third-order valence-corrected chi connectivity index (χ3v) is 7.63. The van der Waals surface area contributed by atoms with Crippen LogP contribution in [-0.4, -0.2) is 39.0 Å². The molecular weight excluding hydrogens is 430 g/mol. The smallest absolute Gasteiger partial charge is 0.258 e. The highest BCUT2D eigenvalue weighted by atomic mass is 16.3. The van der Waals surface area contributed by atoms with Gasteiger partial charge >= 0.3 is 0 Å². The van der Waals surface area contributed by atoms with Crippen molar-refractivity contribution in [3.63, 3.8) is 0 Å². The number of likely N-dealkylation sites (tertiary alicyclic amines) is 1. The summed E-state index contributed by atoms with van der Waals surface area (Å²) in [4.78, 5) is 41.5. The number of fused-ring (bicyclic) bond motifs is 3. The lowest BCUT2D eigenvalue weighted by atomic mass is 9.88. The molecule has 2 aromatic rings. The van der Waals surface area contributed by atoms with Crippen molar-refractivity contribution < 1.29 is 14.7 Å². The Kier molecular flexibility index (Phi) is 6.13. The van der Waals surface area contributed by atoms with Crippen molar-refractivity contribution in [2.75, 3.05) is 6.61 Å². The summed E-state index contributed by atoms with van der Waals surface area (Å²) in [5.41, 5.74) is 3.51. The van der Waals surface area contributed by atoms with E-state index < -0.39 is 18.0 Å². The van der Waals surface area contributed by atoms with Crippen LogP contribution >= 0.6 is 0 Å². The first-order valence-electron chi connectivity index (χ1n) is 12.2. The van der Waals surface area contributed by atoms with E-state index in [9.17, 15) is 19.5 Å². The molecular formula is C27H31N3O4. The Morgan fingerprint density at radius 3 is 2.62 bits per heavy atom. The first-order chi connectivity index (χ1) is 16.5. The van der Waals surface area contributed by atoms with Crippen LogP contribution in [0.5, 0.6) is 0 Å². The first-order valence-corrected chi connectivity index (χ1v) is 12.2. The minimum atomic E-state index is -0.766. The maximum Gasteiger partial charge on any atom is 0.258 e. The summed E-state index contributed by atoms with van der Waals surface area (Å²) in [6.07, 6.45) is 5.35. The third kappa shape index (κ3) is 3.68. The van der Waals surface area contributed by atoms with Crippen molar-refractivity contribution in [1.29, 1.82) is 0 Å². The zero-order valence-electron chi connectivity index (χ0n) is 19.4. The molecule has 0 saturated carbocycles. The molecule has 2 amide bonds. The molecule has 1 aliphatic carbocycles. The van der Waals surface area contributed by atoms with Crippen LogP contribution in [0.3, 0.4) is 0 Å². The average molecular weight is 462 g/mol. The number of amides is 2. The lowest BCUT2D eigenvalue weighted by Gasteiger charge is -2.31. The van der Waals surface area contributed by atoms with Crippen LogP contribution in [0.25, 0.3) is 5.57 Å². The number of carbonyl (C=O) groups excluding carboxylic acids is 2. The van der Waals surface area contributed by atoms with Gasteiger partial charge in [0.2, 0.25) is 11.8 Å². The Balaban J connectivity index is 1.48. The van der Waals surface area contributed by atoms with E-state index in [0.717, 1.165) is 41.7 Å². The highest BCUT2D eigenvalue weighted by Crippen LogP contribution is 2.49. The number of aromatic nitrogens is 1. The number of benzene rings is 1. The summed E-state index contributed by atoms with van der Waals surface area (Å²) >= 11 is 0. The van der Waals surface area contributed by atoms with E-state index >= 15 is 0 Å². The summed E-state index contributed by atoms with van der Waals surface area (Å²) in [6, 6.07) is 12.3. The number of aliphatic hydroxyl groups excluding tert-OH is 1. The normalized spacial score (nSPS) is 25.1. The standard InChI is InChI=1S/C27H31N3O4/c1-2-23(32)30-24-20(15-29-22(24)13-12-19(27(29)34)18-10-6-7-11-18)21(16-31)25(30)26(33)28-14-17-8-4-3-5-9-17/h3-5,8-10,12-13,20-21,24-25,31H,2,6-7,11,14-16H2,1H3,(H,28,33)/t20-,21-,24+,25-/m1/s1. The number of allylic oxidation sites excluding steroid dienone is 2. The molecule has 0 spiro atoms. The third-order valence-electron chi connectivity index (χ3n) is 7.63. The molecule has 0 bridgehead atoms. The first kappa shape index (κ1) is 22.6. The molecule has 5 rings (SSSR count). The van der Waals surface area contributed by atoms with Gasteiger partial charge in [0.25, 0.3) is 5.56 Å². The Labute approximate surface area is 199 Å². The van der Waals surface area contributed by atoms with Crippen molar-refractivity contribution in [2.24, 2.45) is 11.8 Å². The maximum absolute atomic E-state index is 13.4. The van der Waals surface area contributed by atoms with E-state index in [1.165, 1.54) is 0 Å². The van der Waals surface area contributed by atoms with Gasteiger partial charge in [0.15, 0.2) is 0 Å². The lowest BCUT2D eigenvalue weighted by molar-refractivity contribution is -0.141. The van der Waals surface area contributed by atoms with E-state index in [1.807, 2.05) is 42.5 Å². The molecule has 3 aliphatic rings. The minimum absolute atomic E-state index is 0.0364. The molecule has 1 aromatic carbocycles. The molecule has 1 fully saturated rings. The van der Waals surface area contributed by atoms with Crippen LogP contribution in [0.15, 0.2) is 53.3 Å². The highest BCUT2D eigenvalue weighted by molar-refractivity contribution is 5.89. The Morgan fingerprint density at radius 2 is 1.94 bits per heavy atom. The van der Waals surface area contributed by atoms with Crippen LogP contribution in [-0.2, 0) is 22.7 Å². The number of nitrogens with zero attached hydrogens (tertiary/aromatic N) is 2. The predicted octanol–water partition coefficient (Wildman–Crippen LogP) is 2.63. The van der Waals surface area contributed by atoms with E-state index in [4.69, 9.17) is 0 Å². The van der Waals surface area contributed by atoms with Gasteiger partial charge in [0.1, 0.15) is 6.04 Å². The summed E-state index contributed by atoms with van der Waals surface area (Å²) in [5.74, 6) is -1.03. The molecule has 2 N–H and O–H groups in total. The minimum Gasteiger partial charge on any atom is -0.396 e. The number of pyridine rings is 1. The van der Waals surface area contributed by atoms with Crippen LogP contribution in [0.2, 0.25) is 0 Å². The maximum atomic E-state index is 13.4. The van der Waals surface area contributed by atoms with E-state index in [2.05, 4.69) is 11.4 Å². The second-order valence-electron chi connectivity index (χ2n) is 9.47. The molecule has 2 aliphatic heterocycles. The zero-order valence-corrected chi connectivity index (χ0v) is 19.4. The number of aliphatic hydroxyl groups is 1. The fourth-order valence-electron chi connectivity index (χ4n) is 6.00. The number of carbonyl (C=O) groups is 2. The van der Waals surface area contributed by atoms with Crippen LogP contribution in [0, 0.1) is 11.8 Å². The second-order valence-corrected chi connectivity index (χ2v) is 9.47. The van der Waals surface area contributed by atoms with Crippen LogP contribution in [0.1, 0.15) is 55.5 Å². The number of hydrogen-bond donors (Lipinski definition) is 2. The van der Waals surface area contributed by atoms with Gasteiger partial charge in [-0.05, 0) is 42.5 Å². The fraction of sp³-hybridized carbons (Fsp3) is 0.444. The number of nitrogens with one attached hydrogen (secondary N) is 1. The van der Waals surface area contributed by atoms with E-state index in [1.54, 1.807) is 16.4 Å². The van der Waals surface area contributed by atoms with E-state index in [-0.39, 0.29) is 36.3 Å². The lowest BCUT2D eigenvalue weighted by Crippen LogP contribution is -2.50. The van der Waals surface area contributed by atoms with Crippen molar-refractivity contribution in [3.05, 3.63) is 75.7 Å². The van der Waals surface area contributed by atoms with Crippen molar-refractivity contribution in [2.45, 2.75) is 57.8 Å². The zero-order chi connectivity index (χ0) is 23.8.